The second-order valence-electron chi connectivity index (χ2n) is 3.98. The molecule has 1 aromatic heterocycles. The third kappa shape index (κ3) is 3.11. The summed E-state index contributed by atoms with van der Waals surface area (Å²) in [5, 5.41) is 23.2. The number of anilines is 2. The van der Waals surface area contributed by atoms with Gasteiger partial charge in [-0.15, -0.1) is 0 Å². The van der Waals surface area contributed by atoms with Gasteiger partial charge in [0.05, 0.1) is 23.5 Å². The summed E-state index contributed by atoms with van der Waals surface area (Å²) in [5.74, 6) is 0.0217. The van der Waals surface area contributed by atoms with E-state index in [1.165, 1.54) is 24.5 Å². The van der Waals surface area contributed by atoms with E-state index < -0.39 is 5.91 Å². The van der Waals surface area contributed by atoms with Gasteiger partial charge < -0.3 is 10.6 Å². The fraction of sp³-hybridized carbons (Fsp3) is 0.0714. The van der Waals surface area contributed by atoms with Gasteiger partial charge in [-0.1, -0.05) is 0 Å². The van der Waals surface area contributed by atoms with Crippen LogP contribution in [0.5, 0.6) is 0 Å². The van der Waals surface area contributed by atoms with Gasteiger partial charge in [0.2, 0.25) is 0 Å². The van der Waals surface area contributed by atoms with Gasteiger partial charge in [0.1, 0.15) is 23.7 Å². The molecule has 0 aliphatic rings. The first-order chi connectivity index (χ1) is 10.2. The maximum absolute atomic E-state index is 12.0. The van der Waals surface area contributed by atoms with E-state index in [-0.39, 0.29) is 16.8 Å². The number of nitrogens with one attached hydrogen (secondary N) is 2. The van der Waals surface area contributed by atoms with Gasteiger partial charge in [0.15, 0.2) is 0 Å². The van der Waals surface area contributed by atoms with E-state index in [0.29, 0.717) is 11.5 Å². The van der Waals surface area contributed by atoms with Crippen LogP contribution in [0.2, 0.25) is 0 Å². The molecular weight excluding hydrogens is 268 g/mol. The van der Waals surface area contributed by atoms with E-state index >= 15 is 0 Å². The van der Waals surface area contributed by atoms with Gasteiger partial charge in [-0.2, -0.15) is 10.5 Å². The van der Waals surface area contributed by atoms with E-state index in [1.807, 2.05) is 12.1 Å². The molecule has 0 aliphatic carbocycles. The van der Waals surface area contributed by atoms with Crippen molar-refractivity contribution in [2.24, 2.45) is 0 Å². The van der Waals surface area contributed by atoms with Gasteiger partial charge >= 0.3 is 0 Å². The number of aromatic nitrogens is 2. The van der Waals surface area contributed by atoms with Crippen LogP contribution in [0.25, 0.3) is 0 Å². The molecule has 1 aromatic carbocycles. The summed E-state index contributed by atoms with van der Waals surface area (Å²) >= 11 is 0. The summed E-state index contributed by atoms with van der Waals surface area (Å²) in [6.07, 6.45) is 2.83. The molecule has 1 heterocycles. The first-order valence-electron chi connectivity index (χ1n) is 5.93. The summed E-state index contributed by atoms with van der Waals surface area (Å²) in [4.78, 5) is 20.0. The van der Waals surface area contributed by atoms with E-state index in [4.69, 9.17) is 10.5 Å². The fourth-order valence-electron chi connectivity index (χ4n) is 1.60. The molecule has 2 N–H and O–H groups in total. The Morgan fingerprint density at radius 1 is 1.19 bits per heavy atom. The predicted octanol–water partition coefficient (Wildman–Crippen LogP) is 1.51. The molecule has 7 nitrogen and oxygen atoms in total. The molecule has 102 valence electrons. The van der Waals surface area contributed by atoms with E-state index in [0.717, 1.165) is 0 Å². The SMILES string of the molecule is CNc1cncc(C(=O)Nc2ccc(C#N)c(C#N)c2)n1. The third-order valence-corrected chi connectivity index (χ3v) is 2.64. The molecule has 7 heteroatoms. The highest BCUT2D eigenvalue weighted by Crippen LogP contribution is 2.15. The predicted molar refractivity (Wildman–Crippen MR) is 75.4 cm³/mol. The van der Waals surface area contributed by atoms with E-state index in [9.17, 15) is 4.79 Å². The molecule has 0 atom stereocenters. The largest absolute Gasteiger partial charge is 0.372 e. The van der Waals surface area contributed by atoms with Crippen LogP contribution >= 0.6 is 0 Å². The zero-order valence-electron chi connectivity index (χ0n) is 11.1. The number of rotatable bonds is 3. The summed E-state index contributed by atoms with van der Waals surface area (Å²) in [6.45, 7) is 0. The van der Waals surface area contributed by atoms with Crippen molar-refractivity contribution in [2.75, 3.05) is 17.7 Å². The maximum atomic E-state index is 12.0. The Balaban J connectivity index is 2.24. The van der Waals surface area contributed by atoms with Gasteiger partial charge in [-0.3, -0.25) is 9.78 Å². The van der Waals surface area contributed by atoms with Crippen LogP contribution in [-0.4, -0.2) is 22.9 Å². The van der Waals surface area contributed by atoms with Crippen LogP contribution in [0, 0.1) is 22.7 Å². The molecule has 0 radical (unpaired) electrons. The molecule has 2 rings (SSSR count). The van der Waals surface area contributed by atoms with E-state index in [2.05, 4.69) is 20.6 Å². The van der Waals surface area contributed by atoms with Crippen molar-refractivity contribution in [3.63, 3.8) is 0 Å². The normalized spacial score (nSPS) is 9.29. The zero-order valence-corrected chi connectivity index (χ0v) is 11.1. The number of hydrogen-bond donors (Lipinski definition) is 2. The molecule has 2 aromatic rings. The molecule has 21 heavy (non-hydrogen) atoms. The summed E-state index contributed by atoms with van der Waals surface area (Å²) in [7, 11) is 1.67. The van der Waals surface area contributed by atoms with E-state index in [1.54, 1.807) is 13.1 Å². The van der Waals surface area contributed by atoms with Crippen molar-refractivity contribution < 1.29 is 4.79 Å². The summed E-state index contributed by atoms with van der Waals surface area (Å²) in [5.41, 5.74) is 1.01. The van der Waals surface area contributed by atoms with Gasteiger partial charge in [-0.05, 0) is 18.2 Å². The van der Waals surface area contributed by atoms with Crippen molar-refractivity contribution in [2.45, 2.75) is 0 Å². The monoisotopic (exact) mass is 278 g/mol. The first kappa shape index (κ1) is 14.0. The lowest BCUT2D eigenvalue weighted by atomic mass is 10.1. The Kier molecular flexibility index (Phi) is 4.08. The molecule has 0 unspecified atom stereocenters. The zero-order chi connectivity index (χ0) is 15.2. The minimum atomic E-state index is -0.451. The Labute approximate surface area is 120 Å². The number of nitriles is 2. The van der Waals surface area contributed by atoms with Crippen LogP contribution in [0.4, 0.5) is 11.5 Å². The van der Waals surface area contributed by atoms with Gasteiger partial charge in [0, 0.05) is 12.7 Å². The van der Waals surface area contributed by atoms with Crippen LogP contribution in [0.15, 0.2) is 30.6 Å². The van der Waals surface area contributed by atoms with Crippen molar-refractivity contribution in [3.05, 3.63) is 47.4 Å². The Bertz CT molecular complexity index is 772. The number of carbonyl (C=O) groups excluding carboxylic acids is 1. The highest BCUT2D eigenvalue weighted by atomic mass is 16.1. The number of amides is 1. The Morgan fingerprint density at radius 3 is 2.62 bits per heavy atom. The minimum Gasteiger partial charge on any atom is -0.372 e. The molecule has 0 fully saturated rings. The van der Waals surface area contributed by atoms with Gasteiger partial charge in [-0.25, -0.2) is 4.98 Å². The van der Waals surface area contributed by atoms with Crippen molar-refractivity contribution >= 4 is 17.4 Å². The second kappa shape index (κ2) is 6.13. The molecule has 0 spiro atoms. The van der Waals surface area contributed by atoms with Crippen LogP contribution < -0.4 is 10.6 Å². The highest BCUT2D eigenvalue weighted by Gasteiger charge is 2.10. The Hall–Kier alpha value is -3.45. The minimum absolute atomic E-state index is 0.143. The maximum Gasteiger partial charge on any atom is 0.275 e. The lowest BCUT2D eigenvalue weighted by Crippen LogP contribution is -2.15. The molecular formula is C14H10N6O. The Morgan fingerprint density at radius 2 is 1.95 bits per heavy atom. The quantitative estimate of drug-likeness (QED) is 0.879. The van der Waals surface area contributed by atoms with Crippen LogP contribution in [0.1, 0.15) is 21.6 Å². The van der Waals surface area contributed by atoms with Crippen LogP contribution in [0.3, 0.4) is 0 Å². The average molecular weight is 278 g/mol. The third-order valence-electron chi connectivity index (χ3n) is 2.64. The lowest BCUT2D eigenvalue weighted by Gasteiger charge is -2.06. The van der Waals surface area contributed by atoms with Crippen LogP contribution in [-0.2, 0) is 0 Å². The summed E-state index contributed by atoms with van der Waals surface area (Å²) < 4.78 is 0. The van der Waals surface area contributed by atoms with Gasteiger partial charge in [0.25, 0.3) is 5.91 Å². The standard InChI is InChI=1S/C14H10N6O/c1-17-13-8-18-7-12(20-13)14(21)19-11-3-2-9(5-15)10(4-11)6-16/h2-4,7-8H,1H3,(H,17,20)(H,19,21). The summed E-state index contributed by atoms with van der Waals surface area (Å²) in [6, 6.07) is 8.27. The molecule has 0 bridgehead atoms. The number of carbonyl (C=O) groups is 1. The topological polar surface area (TPSA) is 114 Å². The second-order valence-corrected chi connectivity index (χ2v) is 3.98. The van der Waals surface area contributed by atoms with Crippen molar-refractivity contribution in [3.8, 4) is 12.1 Å². The smallest absolute Gasteiger partial charge is 0.275 e. The fourth-order valence-corrected chi connectivity index (χ4v) is 1.60. The van der Waals surface area contributed by atoms with Crippen molar-refractivity contribution in [1.82, 2.24) is 9.97 Å². The molecule has 0 saturated carbocycles. The highest BCUT2D eigenvalue weighted by molar-refractivity contribution is 6.03. The number of nitrogens with zero attached hydrogens (tertiary/aromatic N) is 4. The van der Waals surface area contributed by atoms with Crippen molar-refractivity contribution in [1.29, 1.82) is 10.5 Å². The average Bonchev–Trinajstić information content (AvgIpc) is 2.54. The molecule has 0 aliphatic heterocycles. The first-order valence-corrected chi connectivity index (χ1v) is 5.93. The lowest BCUT2D eigenvalue weighted by molar-refractivity contribution is 0.102. The molecule has 0 saturated heterocycles. The number of benzene rings is 1. The number of hydrogen-bond acceptors (Lipinski definition) is 6. The molecule has 1 amide bonds.